The van der Waals surface area contributed by atoms with Crippen LogP contribution >= 0.6 is 0 Å². The van der Waals surface area contributed by atoms with E-state index < -0.39 is 0 Å². The van der Waals surface area contributed by atoms with E-state index in [-0.39, 0.29) is 6.23 Å². The van der Waals surface area contributed by atoms with E-state index >= 15 is 0 Å². The molecule has 0 saturated carbocycles. The lowest BCUT2D eigenvalue weighted by Gasteiger charge is -2.20. The lowest BCUT2D eigenvalue weighted by Crippen LogP contribution is -2.32. The van der Waals surface area contributed by atoms with Crippen molar-refractivity contribution in [1.29, 1.82) is 0 Å². The Morgan fingerprint density at radius 3 is 1.55 bits per heavy atom. The maximum atomic E-state index is 8.94. The number of nitrogens with two attached hydrogens (primary N) is 1. The van der Waals surface area contributed by atoms with Crippen molar-refractivity contribution >= 4 is 0 Å². The zero-order valence-electron chi connectivity index (χ0n) is 8.17. The van der Waals surface area contributed by atoms with Gasteiger partial charge >= 0.3 is 0 Å². The quantitative estimate of drug-likeness (QED) is 0.598. The van der Waals surface area contributed by atoms with E-state index in [4.69, 9.17) is 10.8 Å². The fourth-order valence-corrected chi connectivity index (χ4v) is 0.752. The Morgan fingerprint density at radius 2 is 1.55 bits per heavy atom. The molecule has 3 N–H and O–H groups in total. The highest BCUT2D eigenvalue weighted by atomic mass is 16.3. The highest BCUT2D eigenvalue weighted by Crippen LogP contribution is 1.91. The van der Waals surface area contributed by atoms with Gasteiger partial charge in [-0.15, -0.1) is 0 Å². The number of nitrogens with zero attached hydrogens (tertiary/aromatic N) is 1. The van der Waals surface area contributed by atoms with Crippen LogP contribution in [0.1, 0.15) is 27.7 Å². The molecule has 0 amide bonds. The number of hydrogen-bond acceptors (Lipinski definition) is 3. The van der Waals surface area contributed by atoms with Gasteiger partial charge in [-0.05, 0) is 26.6 Å². The summed E-state index contributed by atoms with van der Waals surface area (Å²) in [6.07, 6.45) is -0.287. The molecule has 0 radical (unpaired) electrons. The largest absolute Gasteiger partial charge is 0.379 e. The molecule has 0 aliphatic carbocycles. The molecule has 70 valence electrons. The van der Waals surface area contributed by atoms with E-state index in [1.807, 2.05) is 25.7 Å². The standard InChI is InChI=1S/C6H15NO.C2H7N/c1-4-7(5-2)6(3)8;1-2-3/h6,8H,4-5H2,1-3H3;2-3H2,1H3. The molecule has 0 aromatic carbocycles. The Morgan fingerprint density at radius 1 is 1.27 bits per heavy atom. The van der Waals surface area contributed by atoms with Crippen molar-refractivity contribution in [2.45, 2.75) is 33.9 Å². The maximum Gasteiger partial charge on any atom is 0.104 e. The maximum absolute atomic E-state index is 8.94. The molecule has 0 fully saturated rings. The molecule has 1 atom stereocenters. The molecule has 3 nitrogen and oxygen atoms in total. The van der Waals surface area contributed by atoms with E-state index in [9.17, 15) is 0 Å². The third kappa shape index (κ3) is 9.88. The van der Waals surface area contributed by atoms with E-state index in [0.29, 0.717) is 0 Å². The summed E-state index contributed by atoms with van der Waals surface area (Å²) in [5.41, 5.74) is 4.85. The van der Waals surface area contributed by atoms with Gasteiger partial charge in [0.25, 0.3) is 0 Å². The lowest BCUT2D eigenvalue weighted by atomic mass is 10.5. The van der Waals surface area contributed by atoms with Crippen molar-refractivity contribution < 1.29 is 5.11 Å². The predicted octanol–water partition coefficient (Wildman–Crippen LogP) is 0.632. The first-order chi connectivity index (χ1) is 5.13. The van der Waals surface area contributed by atoms with Gasteiger partial charge in [-0.25, -0.2) is 0 Å². The van der Waals surface area contributed by atoms with E-state index in [0.717, 1.165) is 19.6 Å². The number of hydrogen-bond donors (Lipinski definition) is 2. The van der Waals surface area contributed by atoms with Crippen molar-refractivity contribution in [2.24, 2.45) is 5.73 Å². The average Bonchev–Trinajstić information content (AvgIpc) is 1.91. The molecule has 0 aliphatic heterocycles. The van der Waals surface area contributed by atoms with Gasteiger partial charge in [0.05, 0.1) is 0 Å². The molecule has 0 bridgehead atoms. The molecule has 3 heteroatoms. The number of aliphatic hydroxyl groups excluding tert-OH is 1. The molecule has 0 aliphatic rings. The molecular formula is C8H22N2O. The van der Waals surface area contributed by atoms with Crippen LogP contribution in [0.5, 0.6) is 0 Å². The molecule has 0 saturated heterocycles. The van der Waals surface area contributed by atoms with Gasteiger partial charge in [-0.1, -0.05) is 20.8 Å². The predicted molar refractivity (Wildman–Crippen MR) is 49.3 cm³/mol. The van der Waals surface area contributed by atoms with E-state index in [1.54, 1.807) is 6.92 Å². The molecule has 0 heterocycles. The van der Waals surface area contributed by atoms with Gasteiger partial charge in [-0.2, -0.15) is 0 Å². The summed E-state index contributed by atoms with van der Waals surface area (Å²) >= 11 is 0. The summed E-state index contributed by atoms with van der Waals surface area (Å²) in [5, 5.41) is 8.94. The van der Waals surface area contributed by atoms with E-state index in [2.05, 4.69) is 0 Å². The van der Waals surface area contributed by atoms with Crippen molar-refractivity contribution in [3.05, 3.63) is 0 Å². The fraction of sp³-hybridized carbons (Fsp3) is 1.00. The summed E-state index contributed by atoms with van der Waals surface area (Å²) in [4.78, 5) is 1.97. The van der Waals surface area contributed by atoms with Crippen molar-refractivity contribution in [3.8, 4) is 0 Å². The smallest absolute Gasteiger partial charge is 0.104 e. The minimum atomic E-state index is -0.287. The van der Waals surface area contributed by atoms with Gasteiger partial charge < -0.3 is 10.8 Å². The van der Waals surface area contributed by atoms with Crippen LogP contribution in [0.4, 0.5) is 0 Å². The molecule has 1 unspecified atom stereocenters. The zero-order valence-corrected chi connectivity index (χ0v) is 8.17. The van der Waals surface area contributed by atoms with Crippen LogP contribution in [0.15, 0.2) is 0 Å². The highest BCUT2D eigenvalue weighted by Gasteiger charge is 2.02. The van der Waals surface area contributed by atoms with Crippen LogP contribution in [-0.4, -0.2) is 35.9 Å². The lowest BCUT2D eigenvalue weighted by molar-refractivity contribution is 0.0265. The molecule has 0 spiro atoms. The summed E-state index contributed by atoms with van der Waals surface area (Å²) < 4.78 is 0. The number of rotatable bonds is 3. The van der Waals surface area contributed by atoms with Crippen molar-refractivity contribution in [2.75, 3.05) is 19.6 Å². The summed E-state index contributed by atoms with van der Waals surface area (Å²) in [6, 6.07) is 0. The molecule has 0 rings (SSSR count). The topological polar surface area (TPSA) is 49.5 Å². The van der Waals surface area contributed by atoms with Gasteiger partial charge in [0.2, 0.25) is 0 Å². The van der Waals surface area contributed by atoms with Crippen LogP contribution in [0, 0.1) is 0 Å². The first-order valence-corrected chi connectivity index (χ1v) is 4.26. The first kappa shape index (κ1) is 13.5. The first-order valence-electron chi connectivity index (χ1n) is 4.26. The fourth-order valence-electron chi connectivity index (χ4n) is 0.752. The normalized spacial score (nSPS) is 12.3. The third-order valence-electron chi connectivity index (χ3n) is 1.34. The minimum Gasteiger partial charge on any atom is -0.379 e. The zero-order chi connectivity index (χ0) is 9.28. The van der Waals surface area contributed by atoms with E-state index in [1.165, 1.54) is 0 Å². The number of aliphatic hydroxyl groups is 1. The van der Waals surface area contributed by atoms with Crippen molar-refractivity contribution in [3.63, 3.8) is 0 Å². The Labute approximate surface area is 70.2 Å². The summed E-state index contributed by atoms with van der Waals surface area (Å²) in [5.74, 6) is 0. The Bertz CT molecular complexity index is 63.1. The van der Waals surface area contributed by atoms with Gasteiger partial charge in [0.15, 0.2) is 0 Å². The van der Waals surface area contributed by atoms with Crippen LogP contribution < -0.4 is 5.73 Å². The monoisotopic (exact) mass is 162 g/mol. The second-order valence-electron chi connectivity index (χ2n) is 2.26. The van der Waals surface area contributed by atoms with Crippen LogP contribution in [0.3, 0.4) is 0 Å². The highest BCUT2D eigenvalue weighted by molar-refractivity contribution is 4.49. The van der Waals surface area contributed by atoms with Crippen LogP contribution in [0.25, 0.3) is 0 Å². The van der Waals surface area contributed by atoms with Gasteiger partial charge in [0.1, 0.15) is 6.23 Å². The van der Waals surface area contributed by atoms with Crippen LogP contribution in [-0.2, 0) is 0 Å². The molecule has 0 aromatic heterocycles. The van der Waals surface area contributed by atoms with Crippen LogP contribution in [0.2, 0.25) is 0 Å². The van der Waals surface area contributed by atoms with Gasteiger partial charge in [-0.3, -0.25) is 4.90 Å². The Balaban J connectivity index is 0. The second kappa shape index (κ2) is 9.88. The van der Waals surface area contributed by atoms with Crippen molar-refractivity contribution in [1.82, 2.24) is 4.90 Å². The average molecular weight is 162 g/mol. The van der Waals surface area contributed by atoms with Gasteiger partial charge in [0, 0.05) is 0 Å². The SMILES string of the molecule is CCN.CCN(CC)C(C)O. The Kier molecular flexibility index (Phi) is 12.1. The summed E-state index contributed by atoms with van der Waals surface area (Å²) in [6.45, 7) is 10.4. The molecular weight excluding hydrogens is 140 g/mol. The second-order valence-corrected chi connectivity index (χ2v) is 2.26. The third-order valence-corrected chi connectivity index (χ3v) is 1.34. The molecule has 0 aromatic rings. The minimum absolute atomic E-state index is 0.287. The summed E-state index contributed by atoms with van der Waals surface area (Å²) in [7, 11) is 0. The molecule has 11 heavy (non-hydrogen) atoms. The Hall–Kier alpha value is -0.120.